The van der Waals surface area contributed by atoms with Gasteiger partial charge in [-0.1, -0.05) is 40.0 Å². The zero-order valence-corrected chi connectivity index (χ0v) is 16.3. The lowest BCUT2D eigenvalue weighted by molar-refractivity contribution is 0.897. The minimum atomic E-state index is 0.385. The lowest BCUT2D eigenvalue weighted by atomic mass is 9.81. The number of unbranched alkanes of at least 4 members (excludes halogenated alkanes) is 3. The van der Waals surface area contributed by atoms with Gasteiger partial charge in [-0.2, -0.15) is 34.8 Å². The molecule has 21 heavy (non-hydrogen) atoms. The van der Waals surface area contributed by atoms with Crippen molar-refractivity contribution in [3.8, 4) is 0 Å². The Morgan fingerprint density at radius 3 is 1.10 bits per heavy atom. The van der Waals surface area contributed by atoms with Crippen LogP contribution in [-0.4, -0.2) is 36.0 Å². The summed E-state index contributed by atoms with van der Waals surface area (Å²) in [5.41, 5.74) is 0. The summed E-state index contributed by atoms with van der Waals surface area (Å²) in [6.45, 7) is 6.78. The Morgan fingerprint density at radius 1 is 0.571 bits per heavy atom. The van der Waals surface area contributed by atoms with E-state index in [9.17, 15) is 0 Å². The molecule has 120 valence electrons. The van der Waals surface area contributed by atoms with Crippen molar-refractivity contribution in [3.05, 3.63) is 0 Å². The molecule has 1 heterocycles. The van der Waals surface area contributed by atoms with Crippen molar-refractivity contribution in [2.75, 3.05) is 17.3 Å². The zero-order chi connectivity index (χ0) is 15.3. The van der Waals surface area contributed by atoms with Crippen molar-refractivity contribution in [1.29, 1.82) is 0 Å². The molecule has 0 aromatic heterocycles. The highest BCUT2D eigenvalue weighted by molar-refractivity contribution is 8.31. The van der Waals surface area contributed by atoms with Crippen LogP contribution >= 0.6 is 34.8 Å². The topological polar surface area (TPSA) is 36.1 Å². The van der Waals surface area contributed by atoms with Crippen LogP contribution in [0.2, 0.25) is 0 Å². The normalized spacial score (nSPS) is 15.9. The average Bonchev–Trinajstić information content (AvgIpc) is 2.48. The summed E-state index contributed by atoms with van der Waals surface area (Å²) in [5, 5.41) is 11.0. The first kappa shape index (κ1) is 20.2. The van der Waals surface area contributed by atoms with Gasteiger partial charge < -0.3 is 15.4 Å². The molecule has 1 aliphatic heterocycles. The van der Waals surface area contributed by atoms with Crippen LogP contribution in [0, 0.1) is 0 Å². The summed E-state index contributed by atoms with van der Waals surface area (Å²) in [4.78, 5) is 0. The quantitative estimate of drug-likeness (QED) is 0.372. The van der Waals surface area contributed by atoms with Crippen molar-refractivity contribution in [1.82, 2.24) is 15.4 Å². The van der Waals surface area contributed by atoms with E-state index in [2.05, 4.69) is 36.2 Å². The maximum Gasteiger partial charge on any atom is 0.356 e. The van der Waals surface area contributed by atoms with Crippen molar-refractivity contribution in [3.63, 3.8) is 0 Å². The van der Waals surface area contributed by atoms with E-state index in [1.807, 2.05) is 34.8 Å². The van der Waals surface area contributed by atoms with E-state index >= 15 is 0 Å². The summed E-state index contributed by atoms with van der Waals surface area (Å²) in [5.74, 6) is 3.71. The fourth-order valence-corrected chi connectivity index (χ4v) is 5.61. The maximum atomic E-state index is 3.68. The molecule has 1 rings (SSSR count). The van der Waals surface area contributed by atoms with Crippen molar-refractivity contribution >= 4 is 53.6 Å². The summed E-state index contributed by atoms with van der Waals surface area (Å²) in [6.07, 6.45) is 8.91. The van der Waals surface area contributed by atoms with Crippen molar-refractivity contribution < 1.29 is 0 Å². The molecule has 0 radical (unpaired) electrons. The Morgan fingerprint density at radius 2 is 0.857 bits per heavy atom. The van der Waals surface area contributed by atoms with Crippen LogP contribution in [0.15, 0.2) is 0 Å². The van der Waals surface area contributed by atoms with Crippen LogP contribution in [0.25, 0.3) is 0 Å². The molecule has 1 saturated heterocycles. The first-order valence-electron chi connectivity index (χ1n) is 8.43. The molecule has 0 amide bonds. The second kappa shape index (κ2) is 13.6. The molecular formula is C12H30B3N3S3. The van der Waals surface area contributed by atoms with Gasteiger partial charge in [0.15, 0.2) is 0 Å². The maximum absolute atomic E-state index is 3.68. The smallest absolute Gasteiger partial charge is 0.352 e. The van der Waals surface area contributed by atoms with E-state index in [1.54, 1.807) is 0 Å². The highest BCUT2D eigenvalue weighted by Gasteiger charge is 2.35. The van der Waals surface area contributed by atoms with Gasteiger partial charge in [-0.05, 0) is 36.5 Å². The van der Waals surface area contributed by atoms with Gasteiger partial charge in [-0.3, -0.25) is 0 Å². The molecule has 0 saturated carbocycles. The van der Waals surface area contributed by atoms with E-state index in [0.717, 1.165) is 0 Å². The molecule has 1 aliphatic rings. The molecule has 0 unspecified atom stereocenters. The van der Waals surface area contributed by atoms with Crippen LogP contribution in [0.5, 0.6) is 0 Å². The van der Waals surface area contributed by atoms with Crippen LogP contribution in [-0.2, 0) is 0 Å². The fourth-order valence-electron chi connectivity index (χ4n) is 1.88. The van der Waals surface area contributed by atoms with Crippen LogP contribution in [0.3, 0.4) is 0 Å². The second-order valence-corrected chi connectivity index (χ2v) is 8.95. The van der Waals surface area contributed by atoms with E-state index < -0.39 is 0 Å². The monoisotopic (exact) mass is 345 g/mol. The van der Waals surface area contributed by atoms with Crippen LogP contribution in [0.4, 0.5) is 0 Å². The molecule has 3 N–H and O–H groups in total. The predicted molar refractivity (Wildman–Crippen MR) is 109 cm³/mol. The van der Waals surface area contributed by atoms with Gasteiger partial charge in [0.05, 0.1) is 0 Å². The molecule has 0 atom stereocenters. The first-order valence-corrected chi connectivity index (χ1v) is 11.6. The van der Waals surface area contributed by atoms with E-state index in [-0.39, 0.29) is 0 Å². The molecule has 0 aromatic carbocycles. The highest BCUT2D eigenvalue weighted by Crippen LogP contribution is 2.17. The van der Waals surface area contributed by atoms with E-state index in [1.165, 1.54) is 55.8 Å². The van der Waals surface area contributed by atoms with Gasteiger partial charge in [0.2, 0.25) is 0 Å². The van der Waals surface area contributed by atoms with Gasteiger partial charge in [0.1, 0.15) is 0 Å². The van der Waals surface area contributed by atoms with Gasteiger partial charge in [-0.25, -0.2) is 0 Å². The summed E-state index contributed by atoms with van der Waals surface area (Å²) < 4.78 is 0. The van der Waals surface area contributed by atoms with E-state index in [4.69, 9.17) is 0 Å². The molecule has 0 aromatic rings. The summed E-state index contributed by atoms with van der Waals surface area (Å²) >= 11 is 6.06. The third kappa shape index (κ3) is 9.77. The van der Waals surface area contributed by atoms with Crippen LogP contribution in [0.1, 0.15) is 59.3 Å². The minimum absolute atomic E-state index is 0.385. The summed E-state index contributed by atoms with van der Waals surface area (Å²) in [7, 11) is 0. The Hall–Kier alpha value is 1.12. The van der Waals surface area contributed by atoms with Crippen molar-refractivity contribution in [2.24, 2.45) is 0 Å². The second-order valence-electron chi connectivity index (χ2n) is 5.31. The molecule has 3 nitrogen and oxygen atoms in total. The van der Waals surface area contributed by atoms with Crippen molar-refractivity contribution in [2.45, 2.75) is 59.3 Å². The number of nitrogens with one attached hydrogen (secondary N) is 3. The molecule has 1 fully saturated rings. The Balaban J connectivity index is 2.35. The largest absolute Gasteiger partial charge is 0.356 e. The lowest BCUT2D eigenvalue weighted by Gasteiger charge is -2.32. The molecule has 0 bridgehead atoms. The summed E-state index contributed by atoms with van der Waals surface area (Å²) in [6, 6.07) is 0. The minimum Gasteiger partial charge on any atom is -0.352 e. The third-order valence-corrected chi connectivity index (χ3v) is 6.65. The standard InChI is InChI=1S/C12H30B3N3S3/c1-4-7-10-19-13-16-14(20-11-8-5-2)18-15(17-13)21-12-9-6-3/h16-18H,4-12H2,1-3H3. The number of hydrogen-bond donors (Lipinski definition) is 3. The highest BCUT2D eigenvalue weighted by atomic mass is 32.2. The molecule has 0 spiro atoms. The zero-order valence-electron chi connectivity index (χ0n) is 13.8. The number of hydrogen-bond acceptors (Lipinski definition) is 6. The van der Waals surface area contributed by atoms with Gasteiger partial charge >= 0.3 is 18.8 Å². The van der Waals surface area contributed by atoms with Crippen LogP contribution < -0.4 is 15.4 Å². The Labute approximate surface area is 145 Å². The van der Waals surface area contributed by atoms with Gasteiger partial charge in [0.25, 0.3) is 0 Å². The Bertz CT molecular complexity index is 211. The van der Waals surface area contributed by atoms with Gasteiger partial charge in [-0.15, -0.1) is 0 Å². The van der Waals surface area contributed by atoms with E-state index in [0.29, 0.717) is 18.8 Å². The van der Waals surface area contributed by atoms with Gasteiger partial charge in [0, 0.05) is 0 Å². The Kier molecular flexibility index (Phi) is 13.0. The first-order chi connectivity index (χ1) is 10.3. The predicted octanol–water partition coefficient (Wildman–Crippen LogP) is 3.32. The fraction of sp³-hybridized carbons (Fsp3) is 1.00. The lowest BCUT2D eigenvalue weighted by Crippen LogP contribution is -2.72. The molecule has 9 heteroatoms. The third-order valence-electron chi connectivity index (χ3n) is 3.26. The average molecular weight is 345 g/mol. The SMILES string of the molecule is CCCCSB1NB(SCCCC)NB(SCCCC)N1. The molecule has 0 aliphatic carbocycles. The number of rotatable bonds is 12. The molecular weight excluding hydrogens is 315 g/mol.